The van der Waals surface area contributed by atoms with Gasteiger partial charge in [0.1, 0.15) is 15.9 Å². The van der Waals surface area contributed by atoms with E-state index in [1.54, 1.807) is 6.07 Å². The largest absolute Gasteiger partial charge is 0.349 e. The summed E-state index contributed by atoms with van der Waals surface area (Å²) in [6.45, 7) is 0.314. The Morgan fingerprint density at radius 3 is 2.87 bits per heavy atom. The molecule has 4 rings (SSSR count). The summed E-state index contributed by atoms with van der Waals surface area (Å²) in [6, 6.07) is 9.46. The first-order chi connectivity index (χ1) is 11.1. The van der Waals surface area contributed by atoms with E-state index in [1.807, 2.05) is 24.3 Å². The SMILES string of the molecule is O=C(NCc1nc2ccccc2[nH]1)c1cc2sc(Cl)c(Cl)c2[nH]1. The maximum atomic E-state index is 12.2. The minimum absolute atomic E-state index is 0.221. The highest BCUT2D eigenvalue weighted by molar-refractivity contribution is 7.23. The van der Waals surface area contributed by atoms with Gasteiger partial charge in [-0.2, -0.15) is 0 Å². The van der Waals surface area contributed by atoms with Gasteiger partial charge in [0.15, 0.2) is 0 Å². The van der Waals surface area contributed by atoms with Gasteiger partial charge < -0.3 is 15.3 Å². The molecule has 1 amide bonds. The van der Waals surface area contributed by atoms with Crippen molar-refractivity contribution >= 4 is 61.7 Å². The third-order valence-electron chi connectivity index (χ3n) is 3.47. The third-order valence-corrected chi connectivity index (χ3v) is 5.40. The fourth-order valence-electron chi connectivity index (χ4n) is 2.39. The van der Waals surface area contributed by atoms with Gasteiger partial charge in [0.05, 0.1) is 32.8 Å². The summed E-state index contributed by atoms with van der Waals surface area (Å²) >= 11 is 13.4. The molecule has 0 aliphatic heterocycles. The zero-order valence-electron chi connectivity index (χ0n) is 11.6. The minimum Gasteiger partial charge on any atom is -0.349 e. The first-order valence-corrected chi connectivity index (χ1v) is 8.37. The molecular weight excluding hydrogens is 355 g/mol. The van der Waals surface area contributed by atoms with Crippen LogP contribution in [0.25, 0.3) is 21.3 Å². The molecule has 0 saturated carbocycles. The summed E-state index contributed by atoms with van der Waals surface area (Å²) in [4.78, 5) is 22.8. The number of aromatic amines is 2. The molecule has 0 atom stereocenters. The normalized spacial score (nSPS) is 11.4. The van der Waals surface area contributed by atoms with E-state index in [0.717, 1.165) is 15.7 Å². The molecule has 8 heteroatoms. The van der Waals surface area contributed by atoms with Crippen LogP contribution in [0.3, 0.4) is 0 Å². The molecule has 0 fully saturated rings. The molecule has 0 unspecified atom stereocenters. The highest BCUT2D eigenvalue weighted by atomic mass is 35.5. The molecule has 3 N–H and O–H groups in total. The van der Waals surface area contributed by atoms with Crippen LogP contribution in [0.5, 0.6) is 0 Å². The molecule has 0 radical (unpaired) electrons. The van der Waals surface area contributed by atoms with Crippen molar-refractivity contribution in [1.82, 2.24) is 20.3 Å². The fraction of sp³-hybridized carbons (Fsp3) is 0.0667. The number of halogens is 2. The number of hydrogen-bond donors (Lipinski definition) is 3. The lowest BCUT2D eigenvalue weighted by atomic mass is 10.3. The summed E-state index contributed by atoms with van der Waals surface area (Å²) in [5.74, 6) is 0.482. The van der Waals surface area contributed by atoms with Crippen LogP contribution in [0.4, 0.5) is 0 Å². The van der Waals surface area contributed by atoms with Gasteiger partial charge in [0, 0.05) is 0 Å². The van der Waals surface area contributed by atoms with Gasteiger partial charge in [-0.3, -0.25) is 4.79 Å². The van der Waals surface area contributed by atoms with Crippen LogP contribution in [0.2, 0.25) is 9.36 Å². The molecule has 23 heavy (non-hydrogen) atoms. The number of para-hydroxylation sites is 2. The van der Waals surface area contributed by atoms with Gasteiger partial charge in [0.2, 0.25) is 0 Å². The smallest absolute Gasteiger partial charge is 0.268 e. The van der Waals surface area contributed by atoms with Crippen molar-refractivity contribution in [2.24, 2.45) is 0 Å². The molecule has 4 aromatic rings. The summed E-state index contributed by atoms with van der Waals surface area (Å²) in [6.07, 6.45) is 0. The Kier molecular flexibility index (Phi) is 3.52. The van der Waals surface area contributed by atoms with E-state index in [-0.39, 0.29) is 5.91 Å². The van der Waals surface area contributed by atoms with E-state index >= 15 is 0 Å². The zero-order chi connectivity index (χ0) is 16.0. The van der Waals surface area contributed by atoms with Crippen molar-refractivity contribution in [3.63, 3.8) is 0 Å². The lowest BCUT2D eigenvalue weighted by Crippen LogP contribution is -2.23. The average molecular weight is 365 g/mol. The van der Waals surface area contributed by atoms with Crippen molar-refractivity contribution < 1.29 is 4.79 Å². The van der Waals surface area contributed by atoms with Crippen LogP contribution < -0.4 is 5.32 Å². The predicted octanol–water partition coefficient (Wildman–Crippen LogP) is 4.34. The van der Waals surface area contributed by atoms with Gasteiger partial charge in [-0.15, -0.1) is 11.3 Å². The highest BCUT2D eigenvalue weighted by Gasteiger charge is 2.15. The Morgan fingerprint density at radius 2 is 2.09 bits per heavy atom. The molecule has 0 aliphatic rings. The van der Waals surface area contributed by atoms with Crippen LogP contribution >= 0.6 is 34.5 Å². The second-order valence-electron chi connectivity index (χ2n) is 5.00. The number of nitrogens with one attached hydrogen (secondary N) is 3. The van der Waals surface area contributed by atoms with Gasteiger partial charge in [-0.25, -0.2) is 4.98 Å². The lowest BCUT2D eigenvalue weighted by molar-refractivity contribution is 0.0946. The second-order valence-corrected chi connectivity index (χ2v) is 7.03. The first kappa shape index (κ1) is 14.6. The number of thiophene rings is 1. The lowest BCUT2D eigenvalue weighted by Gasteiger charge is -2.00. The fourth-order valence-corrected chi connectivity index (χ4v) is 3.87. The number of fused-ring (bicyclic) bond motifs is 2. The number of amides is 1. The maximum absolute atomic E-state index is 12.2. The number of rotatable bonds is 3. The molecule has 0 saturated heterocycles. The Hall–Kier alpha value is -2.02. The quantitative estimate of drug-likeness (QED) is 0.505. The van der Waals surface area contributed by atoms with Gasteiger partial charge in [-0.05, 0) is 18.2 Å². The predicted molar refractivity (Wildman–Crippen MR) is 93.5 cm³/mol. The number of H-pyrrole nitrogens is 2. The van der Waals surface area contributed by atoms with E-state index < -0.39 is 0 Å². The maximum Gasteiger partial charge on any atom is 0.268 e. The van der Waals surface area contributed by atoms with Gasteiger partial charge in [-0.1, -0.05) is 35.3 Å². The summed E-state index contributed by atoms with van der Waals surface area (Å²) in [5.41, 5.74) is 2.95. The topological polar surface area (TPSA) is 73.6 Å². The van der Waals surface area contributed by atoms with Crippen molar-refractivity contribution in [2.75, 3.05) is 0 Å². The molecule has 0 spiro atoms. The number of aromatic nitrogens is 3. The molecule has 0 aliphatic carbocycles. The summed E-state index contributed by atoms with van der Waals surface area (Å²) in [5, 5.41) is 3.27. The van der Waals surface area contributed by atoms with E-state index in [9.17, 15) is 4.79 Å². The number of benzene rings is 1. The van der Waals surface area contributed by atoms with E-state index in [0.29, 0.717) is 32.9 Å². The number of imidazole rings is 1. The number of carbonyl (C=O) groups is 1. The first-order valence-electron chi connectivity index (χ1n) is 6.80. The van der Waals surface area contributed by atoms with E-state index in [1.165, 1.54) is 11.3 Å². The van der Waals surface area contributed by atoms with E-state index in [2.05, 4.69) is 20.3 Å². The van der Waals surface area contributed by atoms with Crippen molar-refractivity contribution in [3.05, 3.63) is 51.2 Å². The minimum atomic E-state index is -0.221. The van der Waals surface area contributed by atoms with Gasteiger partial charge >= 0.3 is 0 Å². The molecule has 116 valence electrons. The number of hydrogen-bond acceptors (Lipinski definition) is 3. The van der Waals surface area contributed by atoms with Crippen LogP contribution in [0, 0.1) is 0 Å². The van der Waals surface area contributed by atoms with Crippen molar-refractivity contribution in [2.45, 2.75) is 6.54 Å². The van der Waals surface area contributed by atoms with Crippen LogP contribution in [-0.2, 0) is 6.54 Å². The van der Waals surface area contributed by atoms with Gasteiger partial charge in [0.25, 0.3) is 5.91 Å². The Labute approximate surface area is 144 Å². The monoisotopic (exact) mass is 364 g/mol. The summed E-state index contributed by atoms with van der Waals surface area (Å²) < 4.78 is 1.37. The third kappa shape index (κ3) is 2.59. The highest BCUT2D eigenvalue weighted by Crippen LogP contribution is 2.38. The zero-order valence-corrected chi connectivity index (χ0v) is 13.9. The van der Waals surface area contributed by atoms with Crippen LogP contribution in [0.15, 0.2) is 30.3 Å². The Morgan fingerprint density at radius 1 is 1.26 bits per heavy atom. The van der Waals surface area contributed by atoms with Crippen molar-refractivity contribution in [1.29, 1.82) is 0 Å². The molecule has 1 aromatic carbocycles. The molecule has 3 heterocycles. The van der Waals surface area contributed by atoms with Crippen molar-refractivity contribution in [3.8, 4) is 0 Å². The number of nitrogens with zero attached hydrogens (tertiary/aromatic N) is 1. The van der Waals surface area contributed by atoms with Crippen LogP contribution in [0.1, 0.15) is 16.3 Å². The number of carbonyl (C=O) groups excluding carboxylic acids is 1. The van der Waals surface area contributed by atoms with E-state index in [4.69, 9.17) is 23.2 Å². The second kappa shape index (κ2) is 5.56. The van der Waals surface area contributed by atoms with Crippen LogP contribution in [-0.4, -0.2) is 20.9 Å². The Balaban J connectivity index is 1.52. The summed E-state index contributed by atoms with van der Waals surface area (Å²) in [7, 11) is 0. The molecule has 3 aromatic heterocycles. The molecule has 5 nitrogen and oxygen atoms in total. The molecule has 0 bridgehead atoms. The average Bonchev–Trinajstić information content (AvgIpc) is 3.20. The molecular formula is C15H10Cl2N4OS. The Bertz CT molecular complexity index is 1000. The standard InChI is InChI=1S/C15H10Cl2N4OS/c16-12-13-10(23-14(12)17)5-9(21-13)15(22)18-6-11-19-7-3-1-2-4-8(7)20-11/h1-5,21H,6H2,(H,18,22)(H,19,20).